The van der Waals surface area contributed by atoms with E-state index in [1.165, 1.54) is 0 Å². The molecule has 2 heterocycles. The second-order valence-electron chi connectivity index (χ2n) is 7.31. The normalized spacial score (nSPS) is 11.0. The molecule has 3 aromatic carbocycles. The van der Waals surface area contributed by atoms with Crippen LogP contribution in [0.2, 0.25) is 0 Å². The molecule has 0 unspecified atom stereocenters. The summed E-state index contributed by atoms with van der Waals surface area (Å²) in [7, 11) is 0. The Hall–Kier alpha value is -3.77. The molecule has 5 nitrogen and oxygen atoms in total. The summed E-state index contributed by atoms with van der Waals surface area (Å²) < 4.78 is 2.88. The highest BCUT2D eigenvalue weighted by atomic mass is 32.1. The Bertz CT molecular complexity index is 1360. The van der Waals surface area contributed by atoms with Gasteiger partial charge < -0.3 is 5.32 Å². The molecule has 0 saturated carbocycles. The Morgan fingerprint density at radius 2 is 1.74 bits per heavy atom. The summed E-state index contributed by atoms with van der Waals surface area (Å²) >= 11 is 1.62. The molecular weight excluding hydrogens is 404 g/mol. The van der Waals surface area contributed by atoms with Crippen molar-refractivity contribution in [1.29, 1.82) is 0 Å². The summed E-state index contributed by atoms with van der Waals surface area (Å²) in [5.41, 5.74) is 4.94. The summed E-state index contributed by atoms with van der Waals surface area (Å²) in [6, 6.07) is 25.7. The average molecular weight is 425 g/mol. The molecule has 0 radical (unpaired) electrons. The summed E-state index contributed by atoms with van der Waals surface area (Å²) in [5, 5.41) is 8.78. The number of carbonyl (C=O) groups is 1. The molecule has 0 aliphatic heterocycles. The van der Waals surface area contributed by atoms with E-state index in [2.05, 4.69) is 22.4 Å². The van der Waals surface area contributed by atoms with Gasteiger partial charge in [-0.05, 0) is 30.7 Å². The number of rotatable bonds is 5. The summed E-state index contributed by atoms with van der Waals surface area (Å²) in [4.78, 5) is 17.7. The molecule has 6 heteroatoms. The van der Waals surface area contributed by atoms with Gasteiger partial charge in [-0.2, -0.15) is 5.10 Å². The van der Waals surface area contributed by atoms with Gasteiger partial charge in [0.1, 0.15) is 5.69 Å². The van der Waals surface area contributed by atoms with Crippen molar-refractivity contribution in [2.75, 3.05) is 5.32 Å². The molecule has 1 N–H and O–H groups in total. The maximum absolute atomic E-state index is 13.2. The molecule has 0 fully saturated rings. The predicted octanol–water partition coefficient (Wildman–Crippen LogP) is 5.77. The second-order valence-corrected chi connectivity index (χ2v) is 8.54. The van der Waals surface area contributed by atoms with Gasteiger partial charge in [0.25, 0.3) is 5.91 Å². The van der Waals surface area contributed by atoms with E-state index in [-0.39, 0.29) is 5.91 Å². The number of benzene rings is 3. The maximum Gasteiger partial charge on any atom is 0.259 e. The standard InChI is InChI=1S/C25H20N4OS/c1-17-26-22-13-12-20(14-23(22)31-17)27-25(30)21-16-29(15-18-8-4-2-5-9-18)28-24(21)19-10-6-3-7-11-19/h2-14,16H,15H2,1H3,(H,27,30). The van der Waals surface area contributed by atoms with Crippen LogP contribution in [0.15, 0.2) is 85.1 Å². The Morgan fingerprint density at radius 3 is 2.52 bits per heavy atom. The smallest absolute Gasteiger partial charge is 0.259 e. The first-order chi connectivity index (χ1) is 15.2. The fraction of sp³-hybridized carbons (Fsp3) is 0.0800. The zero-order chi connectivity index (χ0) is 21.2. The van der Waals surface area contributed by atoms with Crippen LogP contribution in [0.25, 0.3) is 21.5 Å². The number of nitrogens with one attached hydrogen (secondary N) is 1. The van der Waals surface area contributed by atoms with Crippen LogP contribution in [0, 0.1) is 6.92 Å². The van der Waals surface area contributed by atoms with Crippen LogP contribution < -0.4 is 5.32 Å². The summed E-state index contributed by atoms with van der Waals surface area (Å²) in [5.74, 6) is -0.182. The van der Waals surface area contributed by atoms with Gasteiger partial charge in [-0.1, -0.05) is 60.7 Å². The molecule has 152 valence electrons. The molecule has 1 amide bonds. The van der Waals surface area contributed by atoms with Gasteiger partial charge in [0.2, 0.25) is 0 Å². The molecule has 2 aromatic heterocycles. The Kier molecular flexibility index (Phi) is 5.06. The van der Waals surface area contributed by atoms with E-state index < -0.39 is 0 Å². The molecule has 0 atom stereocenters. The topological polar surface area (TPSA) is 59.8 Å². The minimum Gasteiger partial charge on any atom is -0.322 e. The number of fused-ring (bicyclic) bond motifs is 1. The minimum absolute atomic E-state index is 0.182. The van der Waals surface area contributed by atoms with Crippen molar-refractivity contribution in [3.8, 4) is 11.3 Å². The zero-order valence-corrected chi connectivity index (χ0v) is 17.8. The number of aryl methyl sites for hydroxylation is 1. The highest BCUT2D eigenvalue weighted by molar-refractivity contribution is 7.18. The number of amides is 1. The number of nitrogens with zero attached hydrogens (tertiary/aromatic N) is 3. The quantitative estimate of drug-likeness (QED) is 0.390. The van der Waals surface area contributed by atoms with Gasteiger partial charge >= 0.3 is 0 Å². The largest absolute Gasteiger partial charge is 0.322 e. The van der Waals surface area contributed by atoms with Gasteiger partial charge in [-0.15, -0.1) is 11.3 Å². The fourth-order valence-electron chi connectivity index (χ4n) is 3.56. The molecular formula is C25H20N4OS. The first-order valence-electron chi connectivity index (χ1n) is 10.0. The van der Waals surface area contributed by atoms with E-state index in [1.807, 2.05) is 84.5 Å². The number of carbonyl (C=O) groups excluding carboxylic acids is 1. The second kappa shape index (κ2) is 8.16. The van der Waals surface area contributed by atoms with Crippen LogP contribution in [0.3, 0.4) is 0 Å². The van der Waals surface area contributed by atoms with Gasteiger partial charge in [0, 0.05) is 17.4 Å². The number of thiazole rings is 1. The summed E-state index contributed by atoms with van der Waals surface area (Å²) in [6.45, 7) is 2.58. The van der Waals surface area contributed by atoms with Gasteiger partial charge in [-0.3, -0.25) is 9.48 Å². The van der Waals surface area contributed by atoms with Crippen molar-refractivity contribution in [1.82, 2.24) is 14.8 Å². The predicted molar refractivity (Wildman–Crippen MR) is 126 cm³/mol. The van der Waals surface area contributed by atoms with Crippen molar-refractivity contribution in [3.63, 3.8) is 0 Å². The summed E-state index contributed by atoms with van der Waals surface area (Å²) in [6.07, 6.45) is 1.82. The van der Waals surface area contributed by atoms with Crippen LogP contribution in [0.1, 0.15) is 20.9 Å². The van der Waals surface area contributed by atoms with E-state index in [4.69, 9.17) is 5.10 Å². The van der Waals surface area contributed by atoms with Gasteiger partial charge in [0.15, 0.2) is 0 Å². The van der Waals surface area contributed by atoms with E-state index in [9.17, 15) is 4.79 Å². The van der Waals surface area contributed by atoms with Crippen molar-refractivity contribution < 1.29 is 4.79 Å². The number of anilines is 1. The van der Waals surface area contributed by atoms with Crippen molar-refractivity contribution in [2.45, 2.75) is 13.5 Å². The fourth-order valence-corrected chi connectivity index (χ4v) is 4.43. The number of aromatic nitrogens is 3. The highest BCUT2D eigenvalue weighted by Crippen LogP contribution is 2.27. The lowest BCUT2D eigenvalue weighted by Crippen LogP contribution is -2.12. The average Bonchev–Trinajstić information content (AvgIpc) is 3.37. The van der Waals surface area contributed by atoms with Gasteiger partial charge in [0.05, 0.1) is 27.3 Å². The molecule has 31 heavy (non-hydrogen) atoms. The maximum atomic E-state index is 13.2. The highest BCUT2D eigenvalue weighted by Gasteiger charge is 2.18. The SMILES string of the molecule is Cc1nc2ccc(NC(=O)c3cn(Cc4ccccc4)nc3-c3ccccc3)cc2s1. The zero-order valence-electron chi connectivity index (χ0n) is 16.9. The molecule has 0 spiro atoms. The van der Waals surface area contributed by atoms with Crippen molar-refractivity contribution in [2.24, 2.45) is 0 Å². The Labute approximate surface area is 184 Å². The third kappa shape index (κ3) is 4.11. The van der Waals surface area contributed by atoms with Crippen LogP contribution in [-0.4, -0.2) is 20.7 Å². The van der Waals surface area contributed by atoms with Crippen LogP contribution in [-0.2, 0) is 6.54 Å². The van der Waals surface area contributed by atoms with Crippen LogP contribution >= 0.6 is 11.3 Å². The molecule has 5 aromatic rings. The lowest BCUT2D eigenvalue weighted by molar-refractivity contribution is 0.102. The Morgan fingerprint density at radius 1 is 1.00 bits per heavy atom. The molecule has 0 bridgehead atoms. The van der Waals surface area contributed by atoms with E-state index >= 15 is 0 Å². The molecule has 5 rings (SSSR count). The number of hydrogen-bond donors (Lipinski definition) is 1. The monoisotopic (exact) mass is 424 g/mol. The first-order valence-corrected chi connectivity index (χ1v) is 10.8. The first kappa shape index (κ1) is 19.2. The van der Waals surface area contributed by atoms with E-state index in [0.29, 0.717) is 17.8 Å². The van der Waals surface area contributed by atoms with Crippen LogP contribution in [0.5, 0.6) is 0 Å². The van der Waals surface area contributed by atoms with Crippen LogP contribution in [0.4, 0.5) is 5.69 Å². The lowest BCUT2D eigenvalue weighted by atomic mass is 10.1. The third-order valence-corrected chi connectivity index (χ3v) is 5.93. The molecule has 0 aliphatic rings. The van der Waals surface area contributed by atoms with E-state index in [0.717, 1.165) is 32.0 Å². The third-order valence-electron chi connectivity index (χ3n) is 4.99. The van der Waals surface area contributed by atoms with Crippen molar-refractivity contribution in [3.05, 3.63) is 101 Å². The Balaban J connectivity index is 1.48. The van der Waals surface area contributed by atoms with E-state index in [1.54, 1.807) is 11.3 Å². The molecule has 0 aliphatic carbocycles. The molecule has 0 saturated heterocycles. The number of hydrogen-bond acceptors (Lipinski definition) is 4. The lowest BCUT2D eigenvalue weighted by Gasteiger charge is -2.05. The van der Waals surface area contributed by atoms with Crippen molar-refractivity contribution >= 4 is 33.1 Å². The minimum atomic E-state index is -0.182. The van der Waals surface area contributed by atoms with Gasteiger partial charge in [-0.25, -0.2) is 4.98 Å².